The van der Waals surface area contributed by atoms with Crippen molar-refractivity contribution in [3.05, 3.63) is 29.3 Å². The fraction of sp³-hybridized carbons (Fsp3) is 0.533. The highest BCUT2D eigenvalue weighted by molar-refractivity contribution is 8.00. The fourth-order valence-corrected chi connectivity index (χ4v) is 3.51. The van der Waals surface area contributed by atoms with Gasteiger partial charge < -0.3 is 10.0 Å². The predicted molar refractivity (Wildman–Crippen MR) is 83.2 cm³/mol. The molecule has 1 aromatic carbocycles. The summed E-state index contributed by atoms with van der Waals surface area (Å²) in [5.74, 6) is 0.0879. The molecule has 110 valence electrons. The van der Waals surface area contributed by atoms with E-state index >= 15 is 0 Å². The van der Waals surface area contributed by atoms with Crippen molar-refractivity contribution in [3.63, 3.8) is 0 Å². The van der Waals surface area contributed by atoms with Gasteiger partial charge in [0, 0.05) is 23.0 Å². The quantitative estimate of drug-likeness (QED) is 0.871. The van der Waals surface area contributed by atoms with Crippen LogP contribution in [0.5, 0.6) is 0 Å². The molecule has 0 spiro atoms. The molecule has 0 aromatic heterocycles. The van der Waals surface area contributed by atoms with Crippen molar-refractivity contribution in [1.82, 2.24) is 4.90 Å². The molecule has 1 heterocycles. The highest BCUT2D eigenvalue weighted by atomic mass is 35.5. The van der Waals surface area contributed by atoms with Crippen LogP contribution in [0.2, 0.25) is 5.02 Å². The number of carbonyl (C=O) groups is 1. The summed E-state index contributed by atoms with van der Waals surface area (Å²) in [6.45, 7) is 4.87. The second kappa shape index (κ2) is 6.37. The van der Waals surface area contributed by atoms with Crippen LogP contribution in [0.25, 0.3) is 0 Å². The van der Waals surface area contributed by atoms with Gasteiger partial charge in [-0.15, -0.1) is 11.8 Å². The number of amides is 1. The smallest absolute Gasteiger partial charge is 0.235 e. The third-order valence-electron chi connectivity index (χ3n) is 3.46. The standard InChI is InChI=1S/C15H20ClNO2S/c1-11(20-13-6-4-12(16)5-7-13)14(18)17-9-3-8-15(2,19)10-17/h4-7,11,19H,3,8-10H2,1-2H3. The van der Waals surface area contributed by atoms with Crippen LogP contribution in [0.1, 0.15) is 26.7 Å². The highest BCUT2D eigenvalue weighted by Crippen LogP contribution is 2.28. The number of thioether (sulfide) groups is 1. The average molecular weight is 314 g/mol. The molecule has 2 atom stereocenters. The van der Waals surface area contributed by atoms with Gasteiger partial charge in [0.25, 0.3) is 0 Å². The lowest BCUT2D eigenvalue weighted by molar-refractivity contribution is -0.136. The molecule has 0 radical (unpaired) electrons. The number of carbonyl (C=O) groups excluding carboxylic acids is 1. The molecule has 1 N–H and O–H groups in total. The third-order valence-corrected chi connectivity index (χ3v) is 4.81. The Bertz CT molecular complexity index is 475. The first kappa shape index (κ1) is 15.7. The molecule has 1 aliphatic heterocycles. The second-order valence-electron chi connectivity index (χ2n) is 5.57. The number of hydrogen-bond acceptors (Lipinski definition) is 3. The number of rotatable bonds is 3. The van der Waals surface area contributed by atoms with Gasteiger partial charge in [-0.25, -0.2) is 0 Å². The van der Waals surface area contributed by atoms with Crippen molar-refractivity contribution >= 4 is 29.3 Å². The topological polar surface area (TPSA) is 40.5 Å². The first-order valence-electron chi connectivity index (χ1n) is 6.81. The molecule has 0 bridgehead atoms. The molecule has 1 aliphatic rings. The average Bonchev–Trinajstić information content (AvgIpc) is 2.39. The van der Waals surface area contributed by atoms with Gasteiger partial charge in [0.05, 0.1) is 10.9 Å². The molecule has 2 unspecified atom stereocenters. The maximum absolute atomic E-state index is 12.4. The molecule has 20 heavy (non-hydrogen) atoms. The summed E-state index contributed by atoms with van der Waals surface area (Å²) in [6, 6.07) is 7.49. The summed E-state index contributed by atoms with van der Waals surface area (Å²) in [6.07, 6.45) is 1.62. The van der Waals surface area contributed by atoms with E-state index in [1.807, 2.05) is 31.2 Å². The second-order valence-corrected chi connectivity index (χ2v) is 7.42. The summed E-state index contributed by atoms with van der Waals surface area (Å²) in [4.78, 5) is 15.2. The van der Waals surface area contributed by atoms with Gasteiger partial charge in [-0.05, 0) is 51.0 Å². The number of hydrogen-bond donors (Lipinski definition) is 1. The SMILES string of the molecule is CC(Sc1ccc(Cl)cc1)C(=O)N1CCCC(C)(O)C1. The van der Waals surface area contributed by atoms with E-state index in [0.717, 1.165) is 24.3 Å². The van der Waals surface area contributed by atoms with E-state index in [4.69, 9.17) is 11.6 Å². The van der Waals surface area contributed by atoms with E-state index in [9.17, 15) is 9.90 Å². The molecule has 1 aromatic rings. The van der Waals surface area contributed by atoms with Crippen LogP contribution in [0.4, 0.5) is 0 Å². The summed E-state index contributed by atoms with van der Waals surface area (Å²) in [5.41, 5.74) is -0.751. The minimum absolute atomic E-state index is 0.0879. The lowest BCUT2D eigenvalue weighted by Crippen LogP contribution is -2.50. The van der Waals surface area contributed by atoms with Gasteiger partial charge in [-0.2, -0.15) is 0 Å². The van der Waals surface area contributed by atoms with Crippen LogP contribution in [0.15, 0.2) is 29.2 Å². The molecule has 1 amide bonds. The Morgan fingerprint density at radius 2 is 2.10 bits per heavy atom. The lowest BCUT2D eigenvalue weighted by atomic mass is 9.95. The number of benzene rings is 1. The van der Waals surface area contributed by atoms with Crippen molar-refractivity contribution < 1.29 is 9.90 Å². The molecule has 1 saturated heterocycles. The van der Waals surface area contributed by atoms with E-state index in [1.165, 1.54) is 11.8 Å². The Labute approximate surface area is 129 Å². The molecule has 0 saturated carbocycles. The number of piperidine rings is 1. The zero-order valence-electron chi connectivity index (χ0n) is 11.8. The number of halogens is 1. The van der Waals surface area contributed by atoms with Gasteiger partial charge in [0.2, 0.25) is 5.91 Å². The molecule has 1 fully saturated rings. The maximum atomic E-state index is 12.4. The third kappa shape index (κ3) is 4.14. The van der Waals surface area contributed by atoms with Gasteiger partial charge in [0.15, 0.2) is 0 Å². The Morgan fingerprint density at radius 3 is 2.70 bits per heavy atom. The van der Waals surface area contributed by atoms with E-state index < -0.39 is 5.60 Å². The minimum atomic E-state index is -0.751. The zero-order valence-corrected chi connectivity index (χ0v) is 13.4. The first-order chi connectivity index (χ1) is 9.37. The maximum Gasteiger partial charge on any atom is 0.235 e. The molecule has 0 aliphatic carbocycles. The number of aliphatic hydroxyl groups is 1. The van der Waals surface area contributed by atoms with Crippen molar-refractivity contribution in [2.24, 2.45) is 0 Å². The van der Waals surface area contributed by atoms with Crippen LogP contribution >= 0.6 is 23.4 Å². The van der Waals surface area contributed by atoms with Crippen LogP contribution < -0.4 is 0 Å². The van der Waals surface area contributed by atoms with E-state index in [2.05, 4.69) is 0 Å². The van der Waals surface area contributed by atoms with Gasteiger partial charge >= 0.3 is 0 Å². The minimum Gasteiger partial charge on any atom is -0.388 e. The van der Waals surface area contributed by atoms with Gasteiger partial charge in [-0.3, -0.25) is 4.79 Å². The summed E-state index contributed by atoms with van der Waals surface area (Å²) >= 11 is 7.37. The largest absolute Gasteiger partial charge is 0.388 e. The van der Waals surface area contributed by atoms with Crippen LogP contribution in [-0.4, -0.2) is 39.9 Å². The fourth-order valence-electron chi connectivity index (χ4n) is 2.43. The molecular formula is C15H20ClNO2S. The summed E-state index contributed by atoms with van der Waals surface area (Å²) < 4.78 is 0. The van der Waals surface area contributed by atoms with Crippen molar-refractivity contribution in [2.45, 2.75) is 42.4 Å². The Balaban J connectivity index is 1.96. The Morgan fingerprint density at radius 1 is 1.45 bits per heavy atom. The Hall–Kier alpha value is -0.710. The molecular weight excluding hydrogens is 294 g/mol. The van der Waals surface area contributed by atoms with Crippen LogP contribution in [0.3, 0.4) is 0 Å². The monoisotopic (exact) mass is 313 g/mol. The number of β-amino-alcohol motifs (C(OH)–C–C–N with tert-alkyl or cyclic N) is 1. The molecule has 2 rings (SSSR count). The zero-order chi connectivity index (χ0) is 14.8. The van der Waals surface area contributed by atoms with Crippen molar-refractivity contribution in [1.29, 1.82) is 0 Å². The van der Waals surface area contributed by atoms with Gasteiger partial charge in [0.1, 0.15) is 0 Å². The van der Waals surface area contributed by atoms with Crippen molar-refractivity contribution in [2.75, 3.05) is 13.1 Å². The number of nitrogens with zero attached hydrogens (tertiary/aromatic N) is 1. The molecule has 3 nitrogen and oxygen atoms in total. The van der Waals surface area contributed by atoms with Gasteiger partial charge in [-0.1, -0.05) is 11.6 Å². The first-order valence-corrected chi connectivity index (χ1v) is 8.06. The van der Waals surface area contributed by atoms with E-state index in [1.54, 1.807) is 11.8 Å². The lowest BCUT2D eigenvalue weighted by Gasteiger charge is -2.37. The van der Waals surface area contributed by atoms with Crippen LogP contribution in [0, 0.1) is 0 Å². The van der Waals surface area contributed by atoms with Crippen molar-refractivity contribution in [3.8, 4) is 0 Å². The number of likely N-dealkylation sites (tertiary alicyclic amines) is 1. The van der Waals surface area contributed by atoms with E-state index in [0.29, 0.717) is 11.6 Å². The van der Waals surface area contributed by atoms with E-state index in [-0.39, 0.29) is 11.2 Å². The van der Waals surface area contributed by atoms with Crippen LogP contribution in [-0.2, 0) is 4.79 Å². The summed E-state index contributed by atoms with van der Waals surface area (Å²) in [5, 5.41) is 10.6. The molecule has 5 heteroatoms. The highest BCUT2D eigenvalue weighted by Gasteiger charge is 2.32. The predicted octanol–water partition coefficient (Wildman–Crippen LogP) is 3.19. The normalized spacial score (nSPS) is 24.5. The Kier molecular flexibility index (Phi) is 4.99. The summed E-state index contributed by atoms with van der Waals surface area (Å²) in [7, 11) is 0.